The van der Waals surface area contributed by atoms with E-state index in [1.807, 2.05) is 36.7 Å². The van der Waals surface area contributed by atoms with Crippen LogP contribution in [0, 0.1) is 0 Å². The largest absolute Gasteiger partial charge is 0.495 e. The molecule has 8 heteroatoms. The van der Waals surface area contributed by atoms with Crippen LogP contribution < -0.4 is 14.8 Å². The molecule has 158 valence electrons. The van der Waals surface area contributed by atoms with Crippen LogP contribution >= 0.6 is 0 Å². The van der Waals surface area contributed by atoms with Crippen molar-refractivity contribution in [1.82, 2.24) is 9.88 Å². The van der Waals surface area contributed by atoms with E-state index >= 15 is 0 Å². The van der Waals surface area contributed by atoms with E-state index in [0.717, 1.165) is 48.9 Å². The van der Waals surface area contributed by atoms with E-state index < -0.39 is 10.0 Å². The average molecular weight is 427 g/mol. The number of benzene rings is 2. The lowest BCUT2D eigenvalue weighted by Crippen LogP contribution is -2.26. The Balaban J connectivity index is 1.43. The molecule has 1 aromatic heterocycles. The highest BCUT2D eigenvalue weighted by Crippen LogP contribution is 2.28. The molecule has 1 unspecified atom stereocenters. The van der Waals surface area contributed by atoms with Crippen molar-refractivity contribution < 1.29 is 13.2 Å². The summed E-state index contributed by atoms with van der Waals surface area (Å²) in [6.07, 6.45) is 5.89. The van der Waals surface area contributed by atoms with Gasteiger partial charge in [0.1, 0.15) is 5.75 Å². The van der Waals surface area contributed by atoms with Gasteiger partial charge in [0, 0.05) is 54.5 Å². The molecule has 0 radical (unpaired) electrons. The van der Waals surface area contributed by atoms with E-state index in [1.165, 1.54) is 12.5 Å². The Morgan fingerprint density at radius 2 is 2.07 bits per heavy atom. The Morgan fingerprint density at radius 1 is 1.20 bits per heavy atom. The molecule has 0 amide bonds. The second-order valence-electron chi connectivity index (χ2n) is 7.68. The van der Waals surface area contributed by atoms with E-state index in [9.17, 15) is 8.42 Å². The van der Waals surface area contributed by atoms with Crippen LogP contribution in [0.5, 0.6) is 5.75 Å². The fourth-order valence-electron chi connectivity index (χ4n) is 3.95. The van der Waals surface area contributed by atoms with Crippen molar-refractivity contribution in [2.45, 2.75) is 19.0 Å². The highest BCUT2D eigenvalue weighted by Gasteiger charge is 2.23. The summed E-state index contributed by atoms with van der Waals surface area (Å²) >= 11 is 0. The Labute approximate surface area is 177 Å². The van der Waals surface area contributed by atoms with E-state index in [4.69, 9.17) is 4.74 Å². The smallest absolute Gasteiger partial charge is 0.229 e. The summed E-state index contributed by atoms with van der Waals surface area (Å²) in [5.41, 5.74) is 2.64. The number of fused-ring (bicyclic) bond motifs is 1. The number of hydrogen-bond donors (Lipinski definition) is 2. The minimum atomic E-state index is -3.37. The van der Waals surface area contributed by atoms with Gasteiger partial charge >= 0.3 is 0 Å². The van der Waals surface area contributed by atoms with Gasteiger partial charge in [0.25, 0.3) is 0 Å². The summed E-state index contributed by atoms with van der Waals surface area (Å²) in [5, 5.41) is 5.98. The third-order valence-electron chi connectivity index (χ3n) is 5.28. The summed E-state index contributed by atoms with van der Waals surface area (Å²) in [6.45, 7) is 2.65. The van der Waals surface area contributed by atoms with Crippen LogP contribution in [-0.2, 0) is 16.6 Å². The third kappa shape index (κ3) is 4.83. The SMILES string of the molecule is COc1ccc(CN2CCC(Nc3cccc4cnccc34)C2)cc1NS(C)(=O)=O. The molecule has 7 nitrogen and oxygen atoms in total. The number of sulfonamides is 1. The average Bonchev–Trinajstić information content (AvgIpc) is 3.14. The molecule has 0 aliphatic carbocycles. The normalized spacial score (nSPS) is 17.2. The maximum absolute atomic E-state index is 11.6. The molecule has 1 aliphatic rings. The van der Waals surface area contributed by atoms with Crippen LogP contribution in [0.2, 0.25) is 0 Å². The Bertz CT molecular complexity index is 1140. The number of anilines is 2. The number of hydrogen-bond acceptors (Lipinski definition) is 6. The van der Waals surface area contributed by atoms with Gasteiger partial charge in [-0.1, -0.05) is 18.2 Å². The maximum Gasteiger partial charge on any atom is 0.229 e. The van der Waals surface area contributed by atoms with Gasteiger partial charge in [0.2, 0.25) is 10.0 Å². The number of pyridine rings is 1. The second kappa shape index (κ2) is 8.49. The molecule has 2 aromatic carbocycles. The molecule has 2 N–H and O–H groups in total. The number of methoxy groups -OCH3 is 1. The Hall–Kier alpha value is -2.84. The first-order valence-electron chi connectivity index (χ1n) is 9.87. The molecule has 30 heavy (non-hydrogen) atoms. The van der Waals surface area contributed by atoms with Gasteiger partial charge in [0.05, 0.1) is 19.1 Å². The van der Waals surface area contributed by atoms with Gasteiger partial charge in [-0.3, -0.25) is 14.6 Å². The first-order valence-corrected chi connectivity index (χ1v) is 11.8. The van der Waals surface area contributed by atoms with E-state index in [1.54, 1.807) is 6.07 Å². The first-order chi connectivity index (χ1) is 14.4. The molecule has 2 heterocycles. The zero-order valence-electron chi connectivity index (χ0n) is 17.1. The van der Waals surface area contributed by atoms with Crippen LogP contribution in [0.1, 0.15) is 12.0 Å². The summed E-state index contributed by atoms with van der Waals surface area (Å²) in [6, 6.07) is 14.3. The topological polar surface area (TPSA) is 83.6 Å². The van der Waals surface area contributed by atoms with E-state index in [2.05, 4.69) is 32.1 Å². The molecule has 0 spiro atoms. The molecular formula is C22H26N4O3S. The number of ether oxygens (including phenoxy) is 1. The molecular weight excluding hydrogens is 400 g/mol. The van der Waals surface area contributed by atoms with Crippen molar-refractivity contribution in [2.24, 2.45) is 0 Å². The predicted molar refractivity (Wildman–Crippen MR) is 121 cm³/mol. The van der Waals surface area contributed by atoms with Crippen molar-refractivity contribution in [1.29, 1.82) is 0 Å². The molecule has 3 aromatic rings. The van der Waals surface area contributed by atoms with Crippen LogP contribution in [0.3, 0.4) is 0 Å². The van der Waals surface area contributed by atoms with Gasteiger partial charge < -0.3 is 10.1 Å². The molecule has 4 rings (SSSR count). The monoisotopic (exact) mass is 426 g/mol. The standard InChI is InChI=1S/C22H26N4O3S/c1-29-22-7-6-16(12-21(22)25-30(2,27)28)14-26-11-9-18(15-26)24-20-5-3-4-17-13-23-10-8-19(17)20/h3-8,10,12-13,18,24-25H,9,11,14-15H2,1-2H3. The Morgan fingerprint density at radius 3 is 2.87 bits per heavy atom. The van der Waals surface area contributed by atoms with Crippen molar-refractivity contribution in [3.05, 3.63) is 60.4 Å². The Kier molecular flexibility index (Phi) is 5.78. The van der Waals surface area contributed by atoms with E-state index in [-0.39, 0.29) is 0 Å². The molecule has 1 saturated heterocycles. The number of nitrogens with one attached hydrogen (secondary N) is 2. The summed E-state index contributed by atoms with van der Waals surface area (Å²) < 4.78 is 31.1. The summed E-state index contributed by atoms with van der Waals surface area (Å²) in [5.74, 6) is 0.510. The highest BCUT2D eigenvalue weighted by atomic mass is 32.2. The van der Waals surface area contributed by atoms with Gasteiger partial charge in [-0.25, -0.2) is 8.42 Å². The lowest BCUT2D eigenvalue weighted by Gasteiger charge is -2.19. The second-order valence-corrected chi connectivity index (χ2v) is 9.42. The molecule has 1 fully saturated rings. The van der Waals surface area contributed by atoms with Crippen LogP contribution in [-0.4, -0.2) is 50.8 Å². The number of nitrogens with zero attached hydrogens (tertiary/aromatic N) is 2. The quantitative estimate of drug-likeness (QED) is 0.603. The van der Waals surface area contributed by atoms with Crippen LogP contribution in [0.15, 0.2) is 54.9 Å². The van der Waals surface area contributed by atoms with Crippen molar-refractivity contribution in [3.63, 3.8) is 0 Å². The molecule has 1 atom stereocenters. The minimum absolute atomic E-state index is 0.357. The van der Waals surface area contributed by atoms with E-state index in [0.29, 0.717) is 17.5 Å². The van der Waals surface area contributed by atoms with Gasteiger partial charge in [-0.05, 0) is 36.2 Å². The summed E-state index contributed by atoms with van der Waals surface area (Å²) in [4.78, 5) is 6.57. The third-order valence-corrected chi connectivity index (χ3v) is 5.87. The molecule has 1 aliphatic heterocycles. The lowest BCUT2D eigenvalue weighted by atomic mass is 10.1. The fraction of sp³-hybridized carbons (Fsp3) is 0.318. The van der Waals surface area contributed by atoms with Crippen molar-refractivity contribution in [2.75, 3.05) is 36.5 Å². The zero-order chi connectivity index (χ0) is 21.1. The van der Waals surface area contributed by atoms with Crippen LogP contribution in [0.4, 0.5) is 11.4 Å². The number of aromatic nitrogens is 1. The fourth-order valence-corrected chi connectivity index (χ4v) is 4.51. The van der Waals surface area contributed by atoms with Crippen molar-refractivity contribution >= 4 is 32.2 Å². The zero-order valence-corrected chi connectivity index (χ0v) is 17.9. The van der Waals surface area contributed by atoms with Crippen LogP contribution in [0.25, 0.3) is 10.8 Å². The maximum atomic E-state index is 11.6. The number of likely N-dealkylation sites (tertiary alicyclic amines) is 1. The van der Waals surface area contributed by atoms with Gasteiger partial charge in [-0.15, -0.1) is 0 Å². The highest BCUT2D eigenvalue weighted by molar-refractivity contribution is 7.92. The summed E-state index contributed by atoms with van der Waals surface area (Å²) in [7, 11) is -1.84. The predicted octanol–water partition coefficient (Wildman–Crippen LogP) is 3.30. The molecule has 0 bridgehead atoms. The van der Waals surface area contributed by atoms with Gasteiger partial charge in [0.15, 0.2) is 0 Å². The number of rotatable bonds is 7. The first kappa shape index (κ1) is 20.4. The minimum Gasteiger partial charge on any atom is -0.495 e. The molecule has 0 saturated carbocycles. The van der Waals surface area contributed by atoms with Gasteiger partial charge in [-0.2, -0.15) is 0 Å². The lowest BCUT2D eigenvalue weighted by molar-refractivity contribution is 0.328. The van der Waals surface area contributed by atoms with Crippen molar-refractivity contribution in [3.8, 4) is 5.75 Å².